The van der Waals surface area contributed by atoms with Crippen LogP contribution in [0.2, 0.25) is 0 Å². The van der Waals surface area contributed by atoms with E-state index in [2.05, 4.69) is 4.98 Å². The van der Waals surface area contributed by atoms with Gasteiger partial charge in [-0.3, -0.25) is 4.57 Å². The minimum absolute atomic E-state index is 0.0476. The fraction of sp³-hybridized carbons (Fsp3) is 0.636. The van der Waals surface area contributed by atoms with Crippen LogP contribution in [0, 0.1) is 23.0 Å². The molecule has 1 aromatic rings. The normalized spacial score (nSPS) is 19.9. The van der Waals surface area contributed by atoms with Crippen molar-refractivity contribution >= 4 is 17.9 Å². The lowest BCUT2D eigenvalue weighted by Gasteiger charge is -2.31. The Morgan fingerprint density at radius 3 is 2.89 bits per heavy atom. The van der Waals surface area contributed by atoms with Gasteiger partial charge >= 0.3 is 5.82 Å². The van der Waals surface area contributed by atoms with Gasteiger partial charge in [0.2, 0.25) is 11.6 Å². The van der Waals surface area contributed by atoms with E-state index < -0.39 is 4.92 Å². The van der Waals surface area contributed by atoms with Gasteiger partial charge in [0.15, 0.2) is 0 Å². The number of hydrogen-bond donors (Lipinski definition) is 0. The van der Waals surface area contributed by atoms with Crippen LogP contribution in [0.1, 0.15) is 18.7 Å². The topological polar surface area (TPSA) is 81.3 Å². The van der Waals surface area contributed by atoms with Gasteiger partial charge in [-0.25, -0.2) is 0 Å². The summed E-state index contributed by atoms with van der Waals surface area (Å²) < 4.78 is 1.71. The molecule has 0 N–H and O–H groups in total. The van der Waals surface area contributed by atoms with Crippen LogP contribution in [-0.4, -0.2) is 33.9 Å². The van der Waals surface area contributed by atoms with Crippen molar-refractivity contribution in [1.82, 2.24) is 9.55 Å². The molecule has 0 radical (unpaired) electrons. The highest BCUT2D eigenvalue weighted by atomic mass is 16.6. The summed E-state index contributed by atoms with van der Waals surface area (Å²) in [6, 6.07) is 0. The van der Waals surface area contributed by atoms with Crippen molar-refractivity contribution in [2.24, 2.45) is 13.0 Å². The predicted octanol–water partition coefficient (Wildman–Crippen LogP) is 1.05. The molecule has 0 bridgehead atoms. The van der Waals surface area contributed by atoms with Crippen LogP contribution in [0.5, 0.6) is 0 Å². The van der Waals surface area contributed by atoms with E-state index in [4.69, 9.17) is 0 Å². The van der Waals surface area contributed by atoms with Crippen LogP contribution in [0.3, 0.4) is 0 Å². The summed E-state index contributed by atoms with van der Waals surface area (Å²) in [6.07, 6.45) is 2.65. The third kappa shape index (κ3) is 2.07. The number of carbonyl (C=O) groups excluding carboxylic acids is 1. The van der Waals surface area contributed by atoms with Crippen molar-refractivity contribution < 1.29 is 9.72 Å². The zero-order chi connectivity index (χ0) is 13.3. The first-order valence-electron chi connectivity index (χ1n) is 5.92. The molecule has 0 spiro atoms. The first-order chi connectivity index (χ1) is 8.54. The molecule has 0 aliphatic carbocycles. The Hall–Kier alpha value is -1.92. The minimum atomic E-state index is -0.465. The van der Waals surface area contributed by atoms with E-state index in [1.165, 1.54) is 0 Å². The fourth-order valence-corrected chi connectivity index (χ4v) is 2.37. The molecule has 0 aromatic carbocycles. The van der Waals surface area contributed by atoms with E-state index in [-0.39, 0.29) is 11.7 Å². The number of anilines is 1. The van der Waals surface area contributed by atoms with Gasteiger partial charge < -0.3 is 19.8 Å². The summed E-state index contributed by atoms with van der Waals surface area (Å²) in [6.45, 7) is 2.99. The molecule has 1 fully saturated rings. The van der Waals surface area contributed by atoms with Crippen LogP contribution in [0.15, 0.2) is 0 Å². The van der Waals surface area contributed by atoms with Crippen LogP contribution in [-0.2, 0) is 11.8 Å². The number of hydrogen-bond acceptors (Lipinski definition) is 5. The Kier molecular flexibility index (Phi) is 3.31. The van der Waals surface area contributed by atoms with Gasteiger partial charge in [-0.05, 0) is 22.7 Å². The summed E-state index contributed by atoms with van der Waals surface area (Å²) in [7, 11) is 1.76. The van der Waals surface area contributed by atoms with Crippen molar-refractivity contribution in [3.8, 4) is 0 Å². The summed E-state index contributed by atoms with van der Waals surface area (Å²) in [4.78, 5) is 27.3. The summed E-state index contributed by atoms with van der Waals surface area (Å²) in [5.41, 5.74) is 0. The van der Waals surface area contributed by atoms with Gasteiger partial charge in [-0.2, -0.15) is 0 Å². The molecule has 0 saturated carbocycles. The molecule has 1 aliphatic rings. The van der Waals surface area contributed by atoms with Gasteiger partial charge in [-0.1, -0.05) is 0 Å². The largest absolute Gasteiger partial charge is 0.406 e. The first kappa shape index (κ1) is 12.5. The maximum Gasteiger partial charge on any atom is 0.406 e. The number of rotatable bonds is 3. The molecule has 2 rings (SSSR count). The Labute approximate surface area is 105 Å². The lowest BCUT2D eigenvalue weighted by atomic mass is 10.00. The van der Waals surface area contributed by atoms with Gasteiger partial charge in [0.05, 0.1) is 0 Å². The second-order valence-electron chi connectivity index (χ2n) is 4.61. The highest BCUT2D eigenvalue weighted by Crippen LogP contribution is 2.31. The smallest absolute Gasteiger partial charge is 0.358 e. The number of aldehydes is 1. The van der Waals surface area contributed by atoms with E-state index in [1.807, 2.05) is 4.90 Å². The standard InChI is InChI=1S/C11H16N4O3/c1-8-12-10(15(17)18)11(13(8)2)14-5-3-4-9(6-14)7-16/h7,9H,3-6H2,1-2H3. The first-order valence-corrected chi connectivity index (χ1v) is 5.92. The SMILES string of the molecule is Cc1nc([N+](=O)[O-])c(N2CCCC(C=O)C2)n1C. The fourth-order valence-electron chi connectivity index (χ4n) is 2.37. The molecule has 2 heterocycles. The third-order valence-corrected chi connectivity index (χ3v) is 3.39. The van der Waals surface area contributed by atoms with Crippen LogP contribution in [0.4, 0.5) is 11.6 Å². The molecule has 7 nitrogen and oxygen atoms in total. The molecule has 7 heteroatoms. The average Bonchev–Trinajstić information content (AvgIpc) is 2.66. The number of carbonyl (C=O) groups is 1. The number of nitro groups is 1. The summed E-state index contributed by atoms with van der Waals surface area (Å²) >= 11 is 0. The number of aryl methyl sites for hydroxylation is 1. The predicted molar refractivity (Wildman–Crippen MR) is 65.6 cm³/mol. The van der Waals surface area contributed by atoms with Gasteiger partial charge in [-0.15, -0.1) is 0 Å². The molecule has 1 aliphatic heterocycles. The Bertz CT molecular complexity index is 483. The minimum Gasteiger partial charge on any atom is -0.358 e. The van der Waals surface area contributed by atoms with Crippen LogP contribution >= 0.6 is 0 Å². The highest BCUT2D eigenvalue weighted by molar-refractivity contribution is 5.60. The lowest BCUT2D eigenvalue weighted by Crippen LogP contribution is -2.37. The number of imidazole rings is 1. The summed E-state index contributed by atoms with van der Waals surface area (Å²) in [5, 5.41) is 11.0. The molecule has 1 aromatic heterocycles. The zero-order valence-electron chi connectivity index (χ0n) is 10.5. The maximum atomic E-state index is 11.0. The number of nitrogens with zero attached hydrogens (tertiary/aromatic N) is 4. The molecule has 18 heavy (non-hydrogen) atoms. The molecular formula is C11H16N4O3. The molecule has 1 unspecified atom stereocenters. The second kappa shape index (κ2) is 4.75. The molecule has 1 saturated heterocycles. The van der Waals surface area contributed by atoms with E-state index in [9.17, 15) is 14.9 Å². The third-order valence-electron chi connectivity index (χ3n) is 3.39. The molecule has 1 atom stereocenters. The Morgan fingerprint density at radius 1 is 1.56 bits per heavy atom. The van der Waals surface area contributed by atoms with E-state index in [0.717, 1.165) is 25.7 Å². The Balaban J connectivity index is 2.37. The quantitative estimate of drug-likeness (QED) is 0.456. The van der Waals surface area contributed by atoms with Crippen molar-refractivity contribution in [2.75, 3.05) is 18.0 Å². The van der Waals surface area contributed by atoms with Crippen LogP contribution in [0.25, 0.3) is 0 Å². The molecule has 98 valence electrons. The highest BCUT2D eigenvalue weighted by Gasteiger charge is 2.31. The lowest BCUT2D eigenvalue weighted by molar-refractivity contribution is -0.388. The van der Waals surface area contributed by atoms with E-state index in [1.54, 1.807) is 18.5 Å². The molecule has 0 amide bonds. The van der Waals surface area contributed by atoms with Gasteiger partial charge in [0, 0.05) is 33.0 Å². The second-order valence-corrected chi connectivity index (χ2v) is 4.61. The number of aromatic nitrogens is 2. The van der Waals surface area contributed by atoms with E-state index in [0.29, 0.717) is 18.2 Å². The van der Waals surface area contributed by atoms with Gasteiger partial charge in [0.25, 0.3) is 0 Å². The van der Waals surface area contributed by atoms with Crippen molar-refractivity contribution in [3.63, 3.8) is 0 Å². The zero-order valence-corrected chi connectivity index (χ0v) is 10.5. The van der Waals surface area contributed by atoms with E-state index >= 15 is 0 Å². The van der Waals surface area contributed by atoms with Crippen molar-refractivity contribution in [1.29, 1.82) is 0 Å². The summed E-state index contributed by atoms with van der Waals surface area (Å²) in [5.74, 6) is 0.934. The molecular weight excluding hydrogens is 236 g/mol. The average molecular weight is 252 g/mol. The van der Waals surface area contributed by atoms with Crippen molar-refractivity contribution in [2.45, 2.75) is 19.8 Å². The number of piperidine rings is 1. The van der Waals surface area contributed by atoms with Crippen LogP contribution < -0.4 is 4.90 Å². The monoisotopic (exact) mass is 252 g/mol. The Morgan fingerprint density at radius 2 is 2.28 bits per heavy atom. The van der Waals surface area contributed by atoms with Crippen molar-refractivity contribution in [3.05, 3.63) is 15.9 Å². The maximum absolute atomic E-state index is 11.0. The van der Waals surface area contributed by atoms with Gasteiger partial charge in [0.1, 0.15) is 6.29 Å².